The zero-order valence-corrected chi connectivity index (χ0v) is 14.9. The van der Waals surface area contributed by atoms with Crippen LogP contribution in [0.2, 0.25) is 0 Å². The molecule has 3 heterocycles. The van der Waals surface area contributed by atoms with Gasteiger partial charge in [0.1, 0.15) is 11.5 Å². The Balaban J connectivity index is 1.67. The van der Waals surface area contributed by atoms with Gasteiger partial charge in [0.25, 0.3) is 0 Å². The molecule has 1 amide bonds. The largest absolute Gasteiger partial charge is 0.465 e. The average molecular weight is 392 g/mol. The Morgan fingerprint density at radius 2 is 2.25 bits per heavy atom. The summed E-state index contributed by atoms with van der Waals surface area (Å²) in [6, 6.07) is 7.58. The van der Waals surface area contributed by atoms with Crippen molar-refractivity contribution in [2.24, 2.45) is 11.8 Å². The summed E-state index contributed by atoms with van der Waals surface area (Å²) in [6.45, 7) is 2.73. The third-order valence-electron chi connectivity index (χ3n) is 4.96. The number of carbonyl (C=O) groups excluding carboxylic acids is 2. The molecular formula is C18H18BrNO4. The van der Waals surface area contributed by atoms with Crippen LogP contribution < -0.4 is 4.90 Å². The molecule has 0 unspecified atom stereocenters. The number of amides is 1. The molecule has 0 N–H and O–H groups in total. The molecule has 1 aromatic rings. The number of hydrogen-bond acceptors (Lipinski definition) is 4. The van der Waals surface area contributed by atoms with Gasteiger partial charge in [0.15, 0.2) is 0 Å². The summed E-state index contributed by atoms with van der Waals surface area (Å²) in [5.74, 6) is -1.47. The van der Waals surface area contributed by atoms with E-state index in [-0.39, 0.29) is 18.0 Å². The maximum absolute atomic E-state index is 13.1. The number of nitrogens with zero attached hydrogens (tertiary/aromatic N) is 1. The van der Waals surface area contributed by atoms with E-state index < -0.39 is 17.4 Å². The highest BCUT2D eigenvalue weighted by atomic mass is 79.9. The average Bonchev–Trinajstić information content (AvgIpc) is 3.21. The molecule has 24 heavy (non-hydrogen) atoms. The molecule has 2 saturated heterocycles. The number of ether oxygens (including phenoxy) is 2. The standard InChI is InChI=1S/C18H18BrNO4/c1-2-9-23-17(22)14-13-7-8-18(24-13)10-20(16(21)15(14)18)12-6-4-3-5-11(12)19/h3-8,13-15H,2,9-10H2,1H3/t13-,14-,15+,18-/m1/s1. The van der Waals surface area contributed by atoms with E-state index in [9.17, 15) is 9.59 Å². The number of para-hydroxylation sites is 1. The fraction of sp³-hybridized carbons (Fsp3) is 0.444. The molecule has 6 heteroatoms. The third kappa shape index (κ3) is 2.16. The van der Waals surface area contributed by atoms with E-state index in [1.54, 1.807) is 4.90 Å². The van der Waals surface area contributed by atoms with Gasteiger partial charge in [-0.2, -0.15) is 0 Å². The van der Waals surface area contributed by atoms with Crippen LogP contribution in [-0.2, 0) is 19.1 Å². The summed E-state index contributed by atoms with van der Waals surface area (Å²) in [5.41, 5.74) is 0.0832. The van der Waals surface area contributed by atoms with Gasteiger partial charge in [-0.25, -0.2) is 0 Å². The molecule has 4 rings (SSSR count). The summed E-state index contributed by atoms with van der Waals surface area (Å²) in [4.78, 5) is 27.3. The first-order valence-corrected chi connectivity index (χ1v) is 8.96. The molecule has 0 radical (unpaired) electrons. The monoisotopic (exact) mass is 391 g/mol. The Labute approximate surface area is 148 Å². The predicted octanol–water partition coefficient (Wildman–Crippen LogP) is 2.69. The van der Waals surface area contributed by atoms with Gasteiger partial charge in [0.05, 0.1) is 30.9 Å². The smallest absolute Gasteiger partial charge is 0.312 e. The molecule has 2 bridgehead atoms. The first kappa shape index (κ1) is 15.8. The lowest BCUT2D eigenvalue weighted by atomic mass is 9.77. The van der Waals surface area contributed by atoms with Gasteiger partial charge in [0, 0.05) is 4.47 Å². The van der Waals surface area contributed by atoms with Gasteiger partial charge < -0.3 is 14.4 Å². The molecule has 4 atom stereocenters. The van der Waals surface area contributed by atoms with Crippen molar-refractivity contribution in [1.29, 1.82) is 0 Å². The maximum Gasteiger partial charge on any atom is 0.312 e. The molecular weight excluding hydrogens is 374 g/mol. The summed E-state index contributed by atoms with van der Waals surface area (Å²) in [6.07, 6.45) is 4.24. The number of esters is 1. The second kappa shape index (κ2) is 5.70. The molecule has 2 fully saturated rings. The highest BCUT2D eigenvalue weighted by Gasteiger charge is 2.67. The van der Waals surface area contributed by atoms with Crippen LogP contribution in [0.15, 0.2) is 40.9 Å². The Morgan fingerprint density at radius 3 is 3.00 bits per heavy atom. The van der Waals surface area contributed by atoms with Crippen molar-refractivity contribution in [3.05, 3.63) is 40.9 Å². The van der Waals surface area contributed by atoms with Crippen molar-refractivity contribution < 1.29 is 19.1 Å². The van der Waals surface area contributed by atoms with E-state index in [2.05, 4.69) is 15.9 Å². The SMILES string of the molecule is CCCOC(=O)[C@H]1[C@H]2C(=O)N(c3ccccc3Br)C[C@]23C=C[C@H]1O3. The van der Waals surface area contributed by atoms with E-state index in [0.29, 0.717) is 13.2 Å². The van der Waals surface area contributed by atoms with Gasteiger partial charge in [-0.1, -0.05) is 31.2 Å². The molecule has 126 valence electrons. The fourth-order valence-electron chi connectivity index (χ4n) is 3.94. The summed E-state index contributed by atoms with van der Waals surface area (Å²) < 4.78 is 12.2. The number of anilines is 1. The fourth-order valence-corrected chi connectivity index (χ4v) is 4.44. The van der Waals surface area contributed by atoms with Crippen LogP contribution in [0, 0.1) is 11.8 Å². The zero-order chi connectivity index (χ0) is 16.9. The van der Waals surface area contributed by atoms with Gasteiger partial charge in [-0.3, -0.25) is 9.59 Å². The molecule has 3 aliphatic rings. The van der Waals surface area contributed by atoms with E-state index >= 15 is 0 Å². The second-order valence-electron chi connectivity index (χ2n) is 6.44. The second-order valence-corrected chi connectivity index (χ2v) is 7.30. The van der Waals surface area contributed by atoms with Crippen LogP contribution >= 0.6 is 15.9 Å². The number of fused-ring (bicyclic) bond motifs is 1. The number of carbonyl (C=O) groups is 2. The third-order valence-corrected chi connectivity index (χ3v) is 5.63. The predicted molar refractivity (Wildman–Crippen MR) is 91.5 cm³/mol. The molecule has 0 saturated carbocycles. The molecule has 5 nitrogen and oxygen atoms in total. The van der Waals surface area contributed by atoms with Crippen molar-refractivity contribution in [1.82, 2.24) is 0 Å². The van der Waals surface area contributed by atoms with Crippen molar-refractivity contribution in [3.63, 3.8) is 0 Å². The first-order valence-electron chi connectivity index (χ1n) is 8.17. The Morgan fingerprint density at radius 1 is 1.46 bits per heavy atom. The van der Waals surface area contributed by atoms with Gasteiger partial charge in [0.2, 0.25) is 5.91 Å². The quantitative estimate of drug-likeness (QED) is 0.584. The van der Waals surface area contributed by atoms with Gasteiger partial charge in [-0.05, 0) is 34.5 Å². The minimum atomic E-state index is -0.715. The Hall–Kier alpha value is -1.66. The Kier molecular flexibility index (Phi) is 3.77. The van der Waals surface area contributed by atoms with Gasteiger partial charge >= 0.3 is 5.97 Å². The van der Waals surface area contributed by atoms with Crippen molar-refractivity contribution >= 4 is 33.5 Å². The van der Waals surface area contributed by atoms with E-state index in [4.69, 9.17) is 9.47 Å². The number of benzene rings is 1. The van der Waals surface area contributed by atoms with E-state index in [1.807, 2.05) is 43.3 Å². The molecule has 1 spiro atoms. The van der Waals surface area contributed by atoms with Crippen LogP contribution in [0.5, 0.6) is 0 Å². The highest BCUT2D eigenvalue weighted by molar-refractivity contribution is 9.10. The molecule has 0 aromatic heterocycles. The summed E-state index contributed by atoms with van der Waals surface area (Å²) >= 11 is 3.50. The highest BCUT2D eigenvalue weighted by Crippen LogP contribution is 2.53. The van der Waals surface area contributed by atoms with Crippen molar-refractivity contribution in [2.45, 2.75) is 25.0 Å². The first-order chi connectivity index (χ1) is 11.6. The van der Waals surface area contributed by atoms with Crippen LogP contribution in [0.3, 0.4) is 0 Å². The summed E-state index contributed by atoms with van der Waals surface area (Å²) in [5, 5.41) is 0. The number of halogens is 1. The van der Waals surface area contributed by atoms with Crippen LogP contribution in [0.4, 0.5) is 5.69 Å². The lowest BCUT2D eigenvalue weighted by Crippen LogP contribution is -2.40. The molecule has 3 aliphatic heterocycles. The van der Waals surface area contributed by atoms with Gasteiger partial charge in [-0.15, -0.1) is 0 Å². The van der Waals surface area contributed by atoms with Crippen molar-refractivity contribution in [2.75, 3.05) is 18.1 Å². The minimum absolute atomic E-state index is 0.0767. The normalized spacial score (nSPS) is 33.2. The number of hydrogen-bond donors (Lipinski definition) is 0. The lowest BCUT2D eigenvalue weighted by Gasteiger charge is -2.22. The van der Waals surface area contributed by atoms with E-state index in [1.165, 1.54) is 0 Å². The molecule has 1 aromatic carbocycles. The minimum Gasteiger partial charge on any atom is -0.465 e. The van der Waals surface area contributed by atoms with Crippen LogP contribution in [0.25, 0.3) is 0 Å². The lowest BCUT2D eigenvalue weighted by molar-refractivity contribution is -0.152. The van der Waals surface area contributed by atoms with E-state index in [0.717, 1.165) is 16.6 Å². The van der Waals surface area contributed by atoms with Crippen LogP contribution in [-0.4, -0.2) is 36.7 Å². The van der Waals surface area contributed by atoms with Crippen LogP contribution in [0.1, 0.15) is 13.3 Å². The Bertz CT molecular complexity index is 733. The van der Waals surface area contributed by atoms with Crippen molar-refractivity contribution in [3.8, 4) is 0 Å². The maximum atomic E-state index is 13.1. The summed E-state index contributed by atoms with van der Waals surface area (Å²) in [7, 11) is 0. The molecule has 0 aliphatic carbocycles. The topological polar surface area (TPSA) is 55.8 Å². The number of rotatable bonds is 4. The zero-order valence-electron chi connectivity index (χ0n) is 13.3.